The topological polar surface area (TPSA) is 76.9 Å². The van der Waals surface area contributed by atoms with Gasteiger partial charge in [-0.05, 0) is 49.4 Å². The van der Waals surface area contributed by atoms with Crippen LogP contribution in [0.15, 0.2) is 54.9 Å². The zero-order chi connectivity index (χ0) is 21.3. The maximum absolute atomic E-state index is 12.3. The predicted octanol–water partition coefficient (Wildman–Crippen LogP) is 4.81. The van der Waals surface area contributed by atoms with Gasteiger partial charge < -0.3 is 15.4 Å². The second kappa shape index (κ2) is 7.54. The fourth-order valence-electron chi connectivity index (χ4n) is 3.06. The van der Waals surface area contributed by atoms with Gasteiger partial charge in [-0.1, -0.05) is 0 Å². The molecule has 0 unspecified atom stereocenters. The standard InChI is InChI=1S/C20H17F3N6O/c1-12-26-16-9-14(24-2)5-8-17(16)29(12)19-11-25-10-18(28-19)27-13-3-6-15(7-4-13)30-20(21,22)23/h3-11,24H,1-2H3,(H,27,28). The average molecular weight is 414 g/mol. The predicted molar refractivity (Wildman–Crippen MR) is 107 cm³/mol. The summed E-state index contributed by atoms with van der Waals surface area (Å²) in [4.78, 5) is 13.4. The average Bonchev–Trinajstić information content (AvgIpc) is 3.03. The Balaban J connectivity index is 1.61. The first-order valence-electron chi connectivity index (χ1n) is 8.94. The van der Waals surface area contributed by atoms with Crippen LogP contribution in [0.4, 0.5) is 30.4 Å². The minimum Gasteiger partial charge on any atom is -0.406 e. The lowest BCUT2D eigenvalue weighted by Gasteiger charge is -2.11. The van der Waals surface area contributed by atoms with Crippen molar-refractivity contribution in [3.63, 3.8) is 0 Å². The Kier molecular flexibility index (Phi) is 4.90. The van der Waals surface area contributed by atoms with E-state index in [9.17, 15) is 13.2 Å². The van der Waals surface area contributed by atoms with Gasteiger partial charge in [-0.2, -0.15) is 0 Å². The number of anilines is 3. The van der Waals surface area contributed by atoms with Gasteiger partial charge in [0.25, 0.3) is 0 Å². The molecule has 0 saturated heterocycles. The fraction of sp³-hybridized carbons (Fsp3) is 0.150. The monoisotopic (exact) mass is 414 g/mol. The number of benzene rings is 2. The summed E-state index contributed by atoms with van der Waals surface area (Å²) in [5.41, 5.74) is 3.19. The smallest absolute Gasteiger partial charge is 0.406 e. The van der Waals surface area contributed by atoms with Crippen LogP contribution in [0.3, 0.4) is 0 Å². The summed E-state index contributed by atoms with van der Waals surface area (Å²) in [7, 11) is 1.84. The Bertz CT molecular complexity index is 1190. The highest BCUT2D eigenvalue weighted by molar-refractivity contribution is 5.81. The second-order valence-electron chi connectivity index (χ2n) is 6.41. The Morgan fingerprint density at radius 3 is 2.40 bits per heavy atom. The maximum Gasteiger partial charge on any atom is 0.573 e. The number of aromatic nitrogens is 4. The summed E-state index contributed by atoms with van der Waals surface area (Å²) in [5.74, 6) is 1.45. The van der Waals surface area contributed by atoms with E-state index in [0.717, 1.165) is 22.5 Å². The molecule has 7 nitrogen and oxygen atoms in total. The second-order valence-corrected chi connectivity index (χ2v) is 6.41. The summed E-state index contributed by atoms with van der Waals surface area (Å²) in [6.07, 6.45) is -1.59. The molecular weight excluding hydrogens is 397 g/mol. The molecule has 2 aromatic carbocycles. The number of halogens is 3. The number of ether oxygens (including phenoxy) is 1. The van der Waals surface area contributed by atoms with Crippen LogP contribution in [0.5, 0.6) is 5.75 Å². The van der Waals surface area contributed by atoms with E-state index in [0.29, 0.717) is 17.3 Å². The molecule has 0 aliphatic rings. The van der Waals surface area contributed by atoms with Crippen LogP contribution in [0.1, 0.15) is 5.82 Å². The minimum atomic E-state index is -4.73. The van der Waals surface area contributed by atoms with Crippen LogP contribution in [0, 0.1) is 6.92 Å². The molecule has 2 heterocycles. The highest BCUT2D eigenvalue weighted by atomic mass is 19.4. The molecule has 154 valence electrons. The van der Waals surface area contributed by atoms with Gasteiger partial charge in [0.15, 0.2) is 11.6 Å². The number of rotatable bonds is 5. The Labute approximate surface area is 169 Å². The highest BCUT2D eigenvalue weighted by Crippen LogP contribution is 2.26. The first kappa shape index (κ1) is 19.5. The number of aryl methyl sites for hydroxylation is 1. The van der Waals surface area contributed by atoms with E-state index in [4.69, 9.17) is 0 Å². The minimum absolute atomic E-state index is 0.297. The lowest BCUT2D eigenvalue weighted by molar-refractivity contribution is -0.274. The van der Waals surface area contributed by atoms with Gasteiger partial charge in [0, 0.05) is 18.4 Å². The van der Waals surface area contributed by atoms with Crippen molar-refractivity contribution in [1.82, 2.24) is 19.5 Å². The van der Waals surface area contributed by atoms with Gasteiger partial charge in [0.1, 0.15) is 11.6 Å². The van der Waals surface area contributed by atoms with Gasteiger partial charge >= 0.3 is 6.36 Å². The summed E-state index contributed by atoms with van der Waals surface area (Å²) in [6.45, 7) is 1.88. The molecule has 0 saturated carbocycles. The summed E-state index contributed by atoms with van der Waals surface area (Å²) in [5, 5.41) is 6.11. The van der Waals surface area contributed by atoms with Crippen LogP contribution in [-0.4, -0.2) is 32.9 Å². The van der Waals surface area contributed by atoms with E-state index < -0.39 is 6.36 Å². The molecule has 2 aromatic heterocycles. The molecule has 0 radical (unpaired) electrons. The van der Waals surface area contributed by atoms with E-state index in [1.54, 1.807) is 6.20 Å². The number of nitrogens with zero attached hydrogens (tertiary/aromatic N) is 4. The van der Waals surface area contributed by atoms with Crippen molar-refractivity contribution in [2.75, 3.05) is 17.7 Å². The highest BCUT2D eigenvalue weighted by Gasteiger charge is 2.30. The SMILES string of the molecule is CNc1ccc2c(c1)nc(C)n2-c1cncc(Nc2ccc(OC(F)(F)F)cc2)n1. The number of nitrogens with one attached hydrogen (secondary N) is 2. The number of hydrogen-bond acceptors (Lipinski definition) is 6. The third kappa shape index (κ3) is 4.12. The molecule has 10 heteroatoms. The molecule has 4 rings (SSSR count). The van der Waals surface area contributed by atoms with Gasteiger partial charge in [-0.3, -0.25) is 9.55 Å². The van der Waals surface area contributed by atoms with Crippen LogP contribution in [-0.2, 0) is 0 Å². The lowest BCUT2D eigenvalue weighted by Crippen LogP contribution is -2.16. The molecule has 0 spiro atoms. The van der Waals surface area contributed by atoms with E-state index in [1.165, 1.54) is 30.5 Å². The van der Waals surface area contributed by atoms with Crippen molar-refractivity contribution in [2.24, 2.45) is 0 Å². The van der Waals surface area contributed by atoms with Crippen LogP contribution < -0.4 is 15.4 Å². The number of hydrogen-bond donors (Lipinski definition) is 2. The van der Waals surface area contributed by atoms with Crippen molar-refractivity contribution in [1.29, 1.82) is 0 Å². The van der Waals surface area contributed by atoms with Gasteiger partial charge in [0.2, 0.25) is 0 Å². The van der Waals surface area contributed by atoms with Crippen LogP contribution >= 0.6 is 0 Å². The number of imidazole rings is 1. The Hall–Kier alpha value is -3.82. The number of alkyl halides is 3. The third-order valence-corrected chi connectivity index (χ3v) is 4.32. The molecular formula is C20H17F3N6O. The lowest BCUT2D eigenvalue weighted by atomic mass is 10.2. The quantitative estimate of drug-likeness (QED) is 0.488. The largest absolute Gasteiger partial charge is 0.573 e. The van der Waals surface area contributed by atoms with Gasteiger partial charge in [-0.15, -0.1) is 13.2 Å². The van der Waals surface area contributed by atoms with Crippen molar-refractivity contribution in [3.05, 3.63) is 60.7 Å². The summed E-state index contributed by atoms with van der Waals surface area (Å²) < 4.78 is 42.6. The van der Waals surface area contributed by atoms with Crippen molar-refractivity contribution in [2.45, 2.75) is 13.3 Å². The molecule has 0 aliphatic heterocycles. The zero-order valence-corrected chi connectivity index (χ0v) is 16.0. The van der Waals surface area contributed by atoms with Crippen molar-refractivity contribution in [3.8, 4) is 11.6 Å². The van der Waals surface area contributed by atoms with Crippen molar-refractivity contribution >= 4 is 28.2 Å². The molecule has 4 aromatic rings. The molecule has 0 bridgehead atoms. The summed E-state index contributed by atoms with van der Waals surface area (Å²) in [6, 6.07) is 11.2. The molecule has 2 N–H and O–H groups in total. The molecule has 0 amide bonds. The van der Waals surface area contributed by atoms with E-state index >= 15 is 0 Å². The van der Waals surface area contributed by atoms with Crippen molar-refractivity contribution < 1.29 is 17.9 Å². The molecule has 0 atom stereocenters. The van der Waals surface area contributed by atoms with Crippen LogP contribution in [0.2, 0.25) is 0 Å². The van der Waals surface area contributed by atoms with E-state index in [2.05, 4.69) is 30.3 Å². The van der Waals surface area contributed by atoms with E-state index in [-0.39, 0.29) is 5.75 Å². The zero-order valence-electron chi connectivity index (χ0n) is 16.0. The summed E-state index contributed by atoms with van der Waals surface area (Å²) >= 11 is 0. The Morgan fingerprint density at radius 1 is 0.967 bits per heavy atom. The molecule has 30 heavy (non-hydrogen) atoms. The fourth-order valence-corrected chi connectivity index (χ4v) is 3.06. The van der Waals surface area contributed by atoms with Gasteiger partial charge in [-0.25, -0.2) is 9.97 Å². The first-order chi connectivity index (χ1) is 14.3. The maximum atomic E-state index is 12.3. The number of fused-ring (bicyclic) bond motifs is 1. The normalized spacial score (nSPS) is 11.5. The third-order valence-electron chi connectivity index (χ3n) is 4.32. The van der Waals surface area contributed by atoms with E-state index in [1.807, 2.05) is 36.7 Å². The van der Waals surface area contributed by atoms with Gasteiger partial charge in [0.05, 0.1) is 23.4 Å². The molecule has 0 aliphatic carbocycles. The van der Waals surface area contributed by atoms with Crippen LogP contribution in [0.25, 0.3) is 16.9 Å². The Morgan fingerprint density at radius 2 is 1.70 bits per heavy atom. The first-order valence-corrected chi connectivity index (χ1v) is 8.94. The molecule has 0 fully saturated rings.